The number of nitrogen functional groups attached to an aromatic ring is 1. The summed E-state index contributed by atoms with van der Waals surface area (Å²) in [5, 5.41) is 1.59. The number of pyridine rings is 1. The number of thioether (sulfide) groups is 1. The van der Waals surface area contributed by atoms with Crippen molar-refractivity contribution < 1.29 is 0 Å². The molecule has 2 rings (SSSR count). The lowest BCUT2D eigenvalue weighted by molar-refractivity contribution is 0.623. The minimum atomic E-state index is 0.630. The van der Waals surface area contributed by atoms with Crippen LogP contribution in [0.2, 0.25) is 5.02 Å². The van der Waals surface area contributed by atoms with E-state index in [1.807, 2.05) is 0 Å². The molecule has 2 nitrogen and oxygen atoms in total. The molecule has 1 aromatic rings. The van der Waals surface area contributed by atoms with Crippen LogP contribution in [-0.2, 0) is 0 Å². The highest BCUT2D eigenvalue weighted by molar-refractivity contribution is 7.99. The molecule has 1 fully saturated rings. The van der Waals surface area contributed by atoms with E-state index in [0.717, 1.165) is 16.7 Å². The third-order valence-corrected chi connectivity index (χ3v) is 4.40. The van der Waals surface area contributed by atoms with E-state index < -0.39 is 0 Å². The monoisotopic (exact) mass is 242 g/mol. The van der Waals surface area contributed by atoms with Gasteiger partial charge in [-0.05, 0) is 24.8 Å². The highest BCUT2D eigenvalue weighted by Gasteiger charge is 2.16. The first-order valence-electron chi connectivity index (χ1n) is 5.29. The average Bonchev–Trinajstić information content (AvgIpc) is 2.69. The summed E-state index contributed by atoms with van der Waals surface area (Å²) >= 11 is 7.81. The number of nitrogens with zero attached hydrogens (tertiary/aromatic N) is 1. The Morgan fingerprint density at radius 3 is 2.87 bits per heavy atom. The van der Waals surface area contributed by atoms with Gasteiger partial charge in [0.2, 0.25) is 0 Å². The van der Waals surface area contributed by atoms with Crippen LogP contribution >= 0.6 is 23.4 Å². The largest absolute Gasteiger partial charge is 0.397 e. The van der Waals surface area contributed by atoms with Crippen molar-refractivity contribution in [2.24, 2.45) is 5.92 Å². The van der Waals surface area contributed by atoms with E-state index in [-0.39, 0.29) is 0 Å². The Morgan fingerprint density at radius 2 is 2.20 bits per heavy atom. The lowest BCUT2D eigenvalue weighted by Crippen LogP contribution is -1.97. The highest BCUT2D eigenvalue weighted by atomic mass is 35.5. The van der Waals surface area contributed by atoms with Crippen LogP contribution in [0, 0.1) is 5.92 Å². The van der Waals surface area contributed by atoms with E-state index in [9.17, 15) is 0 Å². The molecule has 0 aliphatic heterocycles. The molecule has 0 atom stereocenters. The Balaban J connectivity index is 1.92. The number of hydrogen-bond acceptors (Lipinski definition) is 3. The van der Waals surface area contributed by atoms with Crippen molar-refractivity contribution in [3.8, 4) is 0 Å². The number of anilines is 1. The normalized spacial score (nSPS) is 17.1. The third kappa shape index (κ3) is 3.02. The number of aromatic nitrogens is 1. The molecular weight excluding hydrogens is 228 g/mol. The van der Waals surface area contributed by atoms with Gasteiger partial charge in [0, 0.05) is 5.75 Å². The highest BCUT2D eigenvalue weighted by Crippen LogP contribution is 2.33. The van der Waals surface area contributed by atoms with Crippen LogP contribution in [-0.4, -0.2) is 10.7 Å². The fourth-order valence-corrected chi connectivity index (χ4v) is 3.31. The van der Waals surface area contributed by atoms with Crippen LogP contribution < -0.4 is 5.73 Å². The smallest absolute Gasteiger partial charge is 0.115 e. The first kappa shape index (κ1) is 11.1. The quantitative estimate of drug-likeness (QED) is 0.824. The molecule has 1 aliphatic rings. The van der Waals surface area contributed by atoms with E-state index >= 15 is 0 Å². The predicted octanol–water partition coefficient (Wildman–Crippen LogP) is 3.60. The Kier molecular flexibility index (Phi) is 3.76. The second-order valence-electron chi connectivity index (χ2n) is 4.02. The van der Waals surface area contributed by atoms with Gasteiger partial charge in [-0.3, -0.25) is 0 Å². The van der Waals surface area contributed by atoms with Gasteiger partial charge in [-0.2, -0.15) is 0 Å². The zero-order chi connectivity index (χ0) is 10.7. The fourth-order valence-electron chi connectivity index (χ4n) is 1.92. The lowest BCUT2D eigenvalue weighted by Gasteiger charge is -2.08. The summed E-state index contributed by atoms with van der Waals surface area (Å²) in [5.74, 6) is 1.99. The minimum Gasteiger partial charge on any atom is -0.397 e. The van der Waals surface area contributed by atoms with Gasteiger partial charge in [-0.1, -0.05) is 24.4 Å². The SMILES string of the molecule is Nc1cnc(SCC2CCCC2)c(Cl)c1. The fraction of sp³-hybridized carbons (Fsp3) is 0.545. The molecule has 0 spiro atoms. The maximum Gasteiger partial charge on any atom is 0.115 e. The van der Waals surface area contributed by atoms with Gasteiger partial charge >= 0.3 is 0 Å². The van der Waals surface area contributed by atoms with Crippen molar-refractivity contribution in [3.05, 3.63) is 17.3 Å². The zero-order valence-electron chi connectivity index (χ0n) is 8.58. The number of nitrogens with two attached hydrogens (primary N) is 1. The molecule has 4 heteroatoms. The van der Waals surface area contributed by atoms with E-state index in [1.165, 1.54) is 25.7 Å². The Morgan fingerprint density at radius 1 is 1.47 bits per heavy atom. The lowest BCUT2D eigenvalue weighted by atomic mass is 10.1. The number of halogens is 1. The van der Waals surface area contributed by atoms with E-state index in [4.69, 9.17) is 17.3 Å². The van der Waals surface area contributed by atoms with Crippen molar-refractivity contribution in [3.63, 3.8) is 0 Å². The van der Waals surface area contributed by atoms with Crippen molar-refractivity contribution in [1.82, 2.24) is 4.98 Å². The van der Waals surface area contributed by atoms with Gasteiger partial charge < -0.3 is 5.73 Å². The molecule has 82 valence electrons. The Bertz CT molecular complexity index is 337. The molecule has 1 heterocycles. The van der Waals surface area contributed by atoms with E-state index in [0.29, 0.717) is 10.7 Å². The van der Waals surface area contributed by atoms with Crippen molar-refractivity contribution in [2.75, 3.05) is 11.5 Å². The molecule has 0 amide bonds. The molecule has 0 unspecified atom stereocenters. The molecular formula is C11H15ClN2S. The van der Waals surface area contributed by atoms with Crippen LogP contribution in [0.1, 0.15) is 25.7 Å². The van der Waals surface area contributed by atoms with E-state index in [1.54, 1.807) is 24.0 Å². The van der Waals surface area contributed by atoms with Crippen LogP contribution in [0.4, 0.5) is 5.69 Å². The van der Waals surface area contributed by atoms with Crippen LogP contribution in [0.5, 0.6) is 0 Å². The maximum absolute atomic E-state index is 6.05. The van der Waals surface area contributed by atoms with Crippen molar-refractivity contribution >= 4 is 29.1 Å². The summed E-state index contributed by atoms with van der Waals surface area (Å²) in [6.07, 6.45) is 7.16. The summed E-state index contributed by atoms with van der Waals surface area (Å²) in [6.45, 7) is 0. The van der Waals surface area contributed by atoms with Crippen molar-refractivity contribution in [2.45, 2.75) is 30.7 Å². The standard InChI is InChI=1S/C11H15ClN2S/c12-10-5-9(13)6-14-11(10)15-7-8-3-1-2-4-8/h5-6,8H,1-4,7,13H2. The summed E-state index contributed by atoms with van der Waals surface area (Å²) in [6, 6.07) is 1.77. The molecule has 0 saturated heterocycles. The first-order valence-corrected chi connectivity index (χ1v) is 6.66. The van der Waals surface area contributed by atoms with Gasteiger partial charge in [-0.15, -0.1) is 11.8 Å². The first-order chi connectivity index (χ1) is 7.25. The topological polar surface area (TPSA) is 38.9 Å². The average molecular weight is 243 g/mol. The van der Waals surface area contributed by atoms with Crippen LogP contribution in [0.3, 0.4) is 0 Å². The molecule has 1 aliphatic carbocycles. The van der Waals surface area contributed by atoms with Gasteiger partial charge in [-0.25, -0.2) is 4.98 Å². The molecule has 0 bridgehead atoms. The minimum absolute atomic E-state index is 0.630. The van der Waals surface area contributed by atoms with Crippen LogP contribution in [0.25, 0.3) is 0 Å². The zero-order valence-corrected chi connectivity index (χ0v) is 10.2. The Labute approximate surface area is 99.6 Å². The van der Waals surface area contributed by atoms with Crippen LogP contribution in [0.15, 0.2) is 17.3 Å². The summed E-state index contributed by atoms with van der Waals surface area (Å²) in [4.78, 5) is 4.24. The summed E-state index contributed by atoms with van der Waals surface area (Å²) in [7, 11) is 0. The molecule has 2 N–H and O–H groups in total. The Hall–Kier alpha value is -0.410. The molecule has 1 aromatic heterocycles. The van der Waals surface area contributed by atoms with Gasteiger partial charge in [0.1, 0.15) is 5.03 Å². The maximum atomic E-state index is 6.05. The summed E-state index contributed by atoms with van der Waals surface area (Å²) < 4.78 is 0. The predicted molar refractivity (Wildman–Crippen MR) is 66.3 cm³/mol. The number of rotatable bonds is 3. The van der Waals surface area contributed by atoms with Crippen molar-refractivity contribution in [1.29, 1.82) is 0 Å². The number of hydrogen-bond donors (Lipinski definition) is 1. The van der Waals surface area contributed by atoms with E-state index in [2.05, 4.69) is 4.98 Å². The molecule has 0 radical (unpaired) electrons. The van der Waals surface area contributed by atoms with Gasteiger partial charge in [0.05, 0.1) is 16.9 Å². The molecule has 0 aromatic carbocycles. The summed E-state index contributed by atoms with van der Waals surface area (Å²) in [5.41, 5.74) is 6.22. The second-order valence-corrected chi connectivity index (χ2v) is 5.43. The molecule has 15 heavy (non-hydrogen) atoms. The molecule has 1 saturated carbocycles. The van der Waals surface area contributed by atoms with Gasteiger partial charge in [0.25, 0.3) is 0 Å². The second kappa shape index (κ2) is 5.08. The third-order valence-electron chi connectivity index (χ3n) is 2.76. The van der Waals surface area contributed by atoms with Gasteiger partial charge in [0.15, 0.2) is 0 Å².